The van der Waals surface area contributed by atoms with Gasteiger partial charge < -0.3 is 10.6 Å². The normalized spacial score (nSPS) is 11.6. The highest BCUT2D eigenvalue weighted by Crippen LogP contribution is 2.07. The van der Waals surface area contributed by atoms with Crippen molar-refractivity contribution in [1.29, 1.82) is 0 Å². The fourth-order valence-electron chi connectivity index (χ4n) is 2.29. The molecule has 3 N–H and O–H groups in total. The van der Waals surface area contributed by atoms with Crippen LogP contribution in [0.4, 0.5) is 5.69 Å². The average Bonchev–Trinajstić information content (AvgIpc) is 2.67. The van der Waals surface area contributed by atoms with E-state index >= 15 is 0 Å². The van der Waals surface area contributed by atoms with E-state index in [0.29, 0.717) is 32.0 Å². The highest BCUT2D eigenvalue weighted by Gasteiger charge is 2.05. The predicted octanol–water partition coefficient (Wildman–Crippen LogP) is 3.50. The molecule has 0 aliphatic heterocycles. The van der Waals surface area contributed by atoms with Crippen molar-refractivity contribution in [2.75, 3.05) is 24.2 Å². The van der Waals surface area contributed by atoms with E-state index in [9.17, 15) is 8.42 Å². The van der Waals surface area contributed by atoms with Gasteiger partial charge in [0.25, 0.3) is 0 Å². The largest absolute Gasteiger partial charge is 0.356 e. The summed E-state index contributed by atoms with van der Waals surface area (Å²) in [6.07, 6.45) is 0.666. The van der Waals surface area contributed by atoms with Gasteiger partial charge in [-0.25, -0.2) is 18.1 Å². The molecule has 154 valence electrons. The van der Waals surface area contributed by atoms with Gasteiger partial charge in [0.1, 0.15) is 0 Å². The second-order valence-electron chi connectivity index (χ2n) is 6.22. The molecule has 0 atom stereocenters. The quantitative estimate of drug-likeness (QED) is 0.206. The van der Waals surface area contributed by atoms with Gasteiger partial charge in [0.05, 0.1) is 12.3 Å². The van der Waals surface area contributed by atoms with Crippen molar-refractivity contribution in [2.24, 2.45) is 4.99 Å². The second kappa shape index (κ2) is 12.7. The van der Waals surface area contributed by atoms with Crippen LogP contribution in [0, 0.1) is 6.92 Å². The van der Waals surface area contributed by atoms with Crippen LogP contribution in [-0.2, 0) is 16.6 Å². The Balaban J connectivity index is 0.00000392. The van der Waals surface area contributed by atoms with Crippen LogP contribution in [0.5, 0.6) is 0 Å². The lowest BCUT2D eigenvalue weighted by molar-refractivity contribution is 0.580. The lowest BCUT2D eigenvalue weighted by atomic mass is 10.1. The standard InChI is InChI=1S/C20H28N4O2S.HI/c1-3-27(25,26)23-15-7-14-21-20(24-19-8-5-4-6-9-19)22-16-18-12-10-17(2)11-13-18;/h4-6,8-13,23H,3,7,14-16H2,1-2H3,(H2,21,22,24);1H. The summed E-state index contributed by atoms with van der Waals surface area (Å²) < 4.78 is 25.5. The van der Waals surface area contributed by atoms with Gasteiger partial charge in [-0.05, 0) is 38.0 Å². The summed E-state index contributed by atoms with van der Waals surface area (Å²) in [4.78, 5) is 4.64. The molecular weight excluding hydrogens is 487 g/mol. The summed E-state index contributed by atoms with van der Waals surface area (Å²) in [6, 6.07) is 18.1. The van der Waals surface area contributed by atoms with Crippen LogP contribution in [0.3, 0.4) is 0 Å². The number of nitrogens with one attached hydrogen (secondary N) is 3. The summed E-state index contributed by atoms with van der Waals surface area (Å²) in [6.45, 7) is 5.26. The van der Waals surface area contributed by atoms with Crippen molar-refractivity contribution >= 4 is 45.6 Å². The first-order valence-corrected chi connectivity index (χ1v) is 10.8. The number of aliphatic imine (C=N–C) groups is 1. The highest BCUT2D eigenvalue weighted by atomic mass is 127. The first-order valence-electron chi connectivity index (χ1n) is 9.12. The highest BCUT2D eigenvalue weighted by molar-refractivity contribution is 14.0. The molecule has 28 heavy (non-hydrogen) atoms. The Bertz CT molecular complexity index is 825. The molecule has 2 aromatic rings. The lowest BCUT2D eigenvalue weighted by Crippen LogP contribution is -2.34. The Morgan fingerprint density at radius 3 is 2.32 bits per heavy atom. The summed E-state index contributed by atoms with van der Waals surface area (Å²) in [7, 11) is -3.14. The maximum absolute atomic E-state index is 11.5. The molecule has 8 heteroatoms. The predicted molar refractivity (Wildman–Crippen MR) is 128 cm³/mol. The third kappa shape index (κ3) is 9.52. The third-order valence-electron chi connectivity index (χ3n) is 3.92. The van der Waals surface area contributed by atoms with Crippen LogP contribution in [0.15, 0.2) is 59.6 Å². The number of anilines is 1. The number of rotatable bonds is 9. The SMILES string of the molecule is CCS(=O)(=O)NCCCNC(=NCc1ccc(C)cc1)Nc1ccccc1.I. The van der Waals surface area contributed by atoms with Crippen LogP contribution < -0.4 is 15.4 Å². The number of para-hydroxylation sites is 1. The smallest absolute Gasteiger partial charge is 0.211 e. The second-order valence-corrected chi connectivity index (χ2v) is 8.32. The molecule has 0 saturated carbocycles. The molecular formula is C20H29IN4O2S. The van der Waals surface area contributed by atoms with E-state index in [1.807, 2.05) is 30.3 Å². The molecule has 0 radical (unpaired) electrons. The van der Waals surface area contributed by atoms with E-state index < -0.39 is 10.0 Å². The fourth-order valence-corrected chi connectivity index (χ4v) is 2.95. The van der Waals surface area contributed by atoms with E-state index in [0.717, 1.165) is 11.3 Å². The number of nitrogens with zero attached hydrogens (tertiary/aromatic N) is 1. The monoisotopic (exact) mass is 516 g/mol. The van der Waals surface area contributed by atoms with E-state index in [-0.39, 0.29) is 29.7 Å². The summed E-state index contributed by atoms with van der Waals surface area (Å²) in [5, 5.41) is 6.54. The zero-order valence-corrected chi connectivity index (χ0v) is 19.5. The van der Waals surface area contributed by atoms with Crippen molar-refractivity contribution in [3.63, 3.8) is 0 Å². The summed E-state index contributed by atoms with van der Waals surface area (Å²) in [5.41, 5.74) is 3.29. The summed E-state index contributed by atoms with van der Waals surface area (Å²) >= 11 is 0. The lowest BCUT2D eigenvalue weighted by Gasteiger charge is -2.13. The van der Waals surface area contributed by atoms with Crippen LogP contribution in [0.25, 0.3) is 0 Å². The molecule has 2 rings (SSSR count). The number of guanidine groups is 1. The van der Waals surface area contributed by atoms with Gasteiger partial charge in [0.2, 0.25) is 10.0 Å². The van der Waals surface area contributed by atoms with Gasteiger partial charge in [-0.2, -0.15) is 0 Å². The van der Waals surface area contributed by atoms with Crippen molar-refractivity contribution < 1.29 is 8.42 Å². The zero-order valence-electron chi connectivity index (χ0n) is 16.3. The third-order valence-corrected chi connectivity index (χ3v) is 5.33. The van der Waals surface area contributed by atoms with E-state index in [2.05, 4.69) is 51.5 Å². The Kier molecular flexibility index (Phi) is 11.1. The zero-order chi connectivity index (χ0) is 19.5. The van der Waals surface area contributed by atoms with E-state index in [4.69, 9.17) is 0 Å². The van der Waals surface area contributed by atoms with Crippen molar-refractivity contribution in [1.82, 2.24) is 10.0 Å². The van der Waals surface area contributed by atoms with Crippen LogP contribution in [-0.4, -0.2) is 33.2 Å². The fraction of sp³-hybridized carbons (Fsp3) is 0.350. The molecule has 6 nitrogen and oxygen atoms in total. The van der Waals surface area contributed by atoms with E-state index in [1.165, 1.54) is 5.56 Å². The molecule has 0 unspecified atom stereocenters. The first kappa shape index (κ1) is 24.4. The average molecular weight is 516 g/mol. The molecule has 0 spiro atoms. The van der Waals surface area contributed by atoms with Crippen LogP contribution in [0.2, 0.25) is 0 Å². The Hall–Kier alpha value is -1.65. The Labute approximate surface area is 185 Å². The Morgan fingerprint density at radius 1 is 1.00 bits per heavy atom. The summed E-state index contributed by atoms with van der Waals surface area (Å²) in [5.74, 6) is 0.763. The van der Waals surface area contributed by atoms with Gasteiger partial charge in [0, 0.05) is 18.8 Å². The van der Waals surface area contributed by atoms with Gasteiger partial charge >= 0.3 is 0 Å². The molecule has 0 saturated heterocycles. The molecule has 0 aliphatic carbocycles. The van der Waals surface area contributed by atoms with Crippen molar-refractivity contribution in [3.05, 3.63) is 65.7 Å². The minimum Gasteiger partial charge on any atom is -0.356 e. The minimum atomic E-state index is -3.14. The van der Waals surface area contributed by atoms with Gasteiger partial charge in [-0.1, -0.05) is 48.0 Å². The van der Waals surface area contributed by atoms with Gasteiger partial charge in [0.15, 0.2) is 5.96 Å². The van der Waals surface area contributed by atoms with Crippen molar-refractivity contribution in [2.45, 2.75) is 26.8 Å². The molecule has 0 aliphatic rings. The molecule has 0 amide bonds. The topological polar surface area (TPSA) is 82.6 Å². The number of aryl methyl sites for hydroxylation is 1. The van der Waals surface area contributed by atoms with Crippen LogP contribution in [0.1, 0.15) is 24.5 Å². The number of halogens is 1. The minimum absolute atomic E-state index is 0. The Morgan fingerprint density at radius 2 is 1.68 bits per heavy atom. The van der Waals surface area contributed by atoms with E-state index in [1.54, 1.807) is 6.92 Å². The molecule has 0 bridgehead atoms. The first-order chi connectivity index (χ1) is 13.0. The number of hydrogen-bond acceptors (Lipinski definition) is 3. The molecule has 0 fully saturated rings. The van der Waals surface area contributed by atoms with Crippen LogP contribution >= 0.6 is 24.0 Å². The van der Waals surface area contributed by atoms with Gasteiger partial charge in [-0.3, -0.25) is 0 Å². The molecule has 0 aromatic heterocycles. The van der Waals surface area contributed by atoms with Gasteiger partial charge in [-0.15, -0.1) is 24.0 Å². The molecule has 2 aromatic carbocycles. The number of benzene rings is 2. The maximum Gasteiger partial charge on any atom is 0.211 e. The number of sulfonamides is 1. The maximum atomic E-state index is 11.5. The number of hydrogen-bond donors (Lipinski definition) is 3. The molecule has 0 heterocycles. The van der Waals surface area contributed by atoms with Crippen molar-refractivity contribution in [3.8, 4) is 0 Å².